The molecule has 0 rings (SSSR count). The van der Waals surface area contributed by atoms with E-state index >= 15 is 0 Å². The molecule has 0 aromatic rings. The van der Waals surface area contributed by atoms with Gasteiger partial charge in [0.1, 0.15) is 0 Å². The normalized spacial score (nSPS) is 7.25. The average Bonchev–Trinajstić information content (AvgIpc) is 1.65. The summed E-state index contributed by atoms with van der Waals surface area (Å²) >= 11 is 0. The number of carbonyl (C=O) groups excluding carboxylic acids is 1. The minimum absolute atomic E-state index is 0. The van der Waals surface area contributed by atoms with Crippen LogP contribution in [-0.4, -0.2) is 5.78 Å². The first-order valence-corrected chi connectivity index (χ1v) is 2.37. The van der Waals surface area contributed by atoms with Gasteiger partial charge in [-0.3, -0.25) is 4.79 Å². The van der Waals surface area contributed by atoms with Crippen molar-refractivity contribution in [2.24, 2.45) is 0 Å². The third-order valence-electron chi connectivity index (χ3n) is 0.797. The number of rotatable bonds is 2. The van der Waals surface area contributed by atoms with Crippen molar-refractivity contribution in [1.29, 1.82) is 0 Å². The Morgan fingerprint density at radius 1 is 1.62 bits per heavy atom. The highest BCUT2D eigenvalue weighted by molar-refractivity contribution is 5.93. The molecule has 1 heteroatoms. The fourth-order valence-electron chi connectivity index (χ4n) is 0.302. The van der Waals surface area contributed by atoms with E-state index in [-0.39, 0.29) is 13.2 Å². The number of Topliss-reactive ketones (excluding diaryl/α,β-unsaturated/α-hetero) is 1. The maximum absolute atomic E-state index is 10.4. The molecule has 0 saturated heterocycles. The molecule has 0 heterocycles. The second kappa shape index (κ2) is 4.57. The van der Waals surface area contributed by atoms with Crippen molar-refractivity contribution >= 4 is 5.78 Å². The first kappa shape index (κ1) is 10.4. The maximum Gasteiger partial charge on any atom is 0.157 e. The summed E-state index contributed by atoms with van der Waals surface area (Å²) in [5.74, 6) is 0.153. The molecule has 0 aliphatic carbocycles. The third-order valence-corrected chi connectivity index (χ3v) is 0.797. The van der Waals surface area contributed by atoms with Gasteiger partial charge in [0.2, 0.25) is 0 Å². The molecular weight excluding hydrogens is 100 g/mol. The summed E-state index contributed by atoms with van der Waals surface area (Å²) in [6.45, 7) is 7.03. The molecule has 0 spiro atoms. The molecule has 0 saturated carbocycles. The minimum Gasteiger partial charge on any atom is -0.295 e. The molecule has 0 aliphatic rings. The minimum atomic E-state index is 0. The first-order valence-electron chi connectivity index (χ1n) is 2.37. The van der Waals surface area contributed by atoms with Crippen LogP contribution in [0.5, 0.6) is 0 Å². The molecule has 0 fully saturated rings. The van der Waals surface area contributed by atoms with Crippen LogP contribution >= 0.6 is 0 Å². The lowest BCUT2D eigenvalue weighted by Crippen LogP contribution is -1.93. The molecule has 0 aliphatic heterocycles. The van der Waals surface area contributed by atoms with Gasteiger partial charge in [-0.25, -0.2) is 0 Å². The van der Waals surface area contributed by atoms with Crippen molar-refractivity contribution in [2.75, 3.05) is 0 Å². The average molecular weight is 114 g/mol. The van der Waals surface area contributed by atoms with Crippen LogP contribution in [0.25, 0.3) is 0 Å². The van der Waals surface area contributed by atoms with Crippen molar-refractivity contribution in [3.8, 4) is 0 Å². The van der Waals surface area contributed by atoms with Gasteiger partial charge in [0.15, 0.2) is 5.78 Å². The van der Waals surface area contributed by atoms with Crippen LogP contribution in [0.3, 0.4) is 0 Å². The lowest BCUT2D eigenvalue weighted by molar-refractivity contribution is -0.115. The van der Waals surface area contributed by atoms with E-state index in [2.05, 4.69) is 6.58 Å². The highest BCUT2D eigenvalue weighted by atomic mass is 16.1. The molecule has 0 bridgehead atoms. The van der Waals surface area contributed by atoms with Crippen LogP contribution < -0.4 is 0 Å². The maximum atomic E-state index is 10.4. The lowest BCUT2D eigenvalue weighted by Gasteiger charge is -1.87. The van der Waals surface area contributed by atoms with Crippen molar-refractivity contribution in [3.05, 3.63) is 12.2 Å². The van der Waals surface area contributed by atoms with E-state index in [1.165, 1.54) is 0 Å². The topological polar surface area (TPSA) is 17.1 Å². The van der Waals surface area contributed by atoms with E-state index in [9.17, 15) is 4.79 Å². The van der Waals surface area contributed by atoms with E-state index in [4.69, 9.17) is 0 Å². The molecule has 0 unspecified atom stereocenters. The van der Waals surface area contributed by atoms with Crippen molar-refractivity contribution < 1.29 is 4.79 Å². The number of ketones is 1. The smallest absolute Gasteiger partial charge is 0.157 e. The molecule has 48 valence electrons. The largest absolute Gasteiger partial charge is 0.295 e. The van der Waals surface area contributed by atoms with Gasteiger partial charge in [-0.15, -0.1) is 0 Å². The van der Waals surface area contributed by atoms with Crippen molar-refractivity contribution in [3.63, 3.8) is 0 Å². The number of carbonyl (C=O) groups is 1. The summed E-state index contributed by atoms with van der Waals surface area (Å²) in [6.07, 6.45) is 0.579. The molecule has 0 amide bonds. The fraction of sp³-hybridized carbons (Fsp3) is 0.571. The molecule has 8 heavy (non-hydrogen) atoms. The molecular formula is C7H14O. The van der Waals surface area contributed by atoms with E-state index in [1.807, 2.05) is 6.92 Å². The quantitative estimate of drug-likeness (QED) is 0.503. The molecule has 0 N–H and O–H groups in total. The van der Waals surface area contributed by atoms with Gasteiger partial charge in [-0.05, 0) is 12.5 Å². The Balaban J connectivity index is 0. The van der Waals surface area contributed by atoms with Gasteiger partial charge >= 0.3 is 0 Å². The Kier molecular flexibility index (Phi) is 5.94. The molecule has 0 radical (unpaired) electrons. The Morgan fingerprint density at radius 3 is 2.00 bits per heavy atom. The van der Waals surface area contributed by atoms with Crippen LogP contribution in [0.15, 0.2) is 12.2 Å². The summed E-state index contributed by atoms with van der Waals surface area (Å²) in [5.41, 5.74) is 0.655. The third kappa shape index (κ3) is 3.59. The van der Waals surface area contributed by atoms with Gasteiger partial charge in [-0.1, -0.05) is 20.9 Å². The van der Waals surface area contributed by atoms with Crippen LogP contribution in [0.2, 0.25) is 0 Å². The zero-order valence-electron chi connectivity index (χ0n) is 4.82. The van der Waals surface area contributed by atoms with Gasteiger partial charge in [0.25, 0.3) is 0 Å². The Bertz CT molecular complexity index is 92.6. The lowest BCUT2D eigenvalue weighted by atomic mass is 10.2. The van der Waals surface area contributed by atoms with E-state index in [1.54, 1.807) is 6.92 Å². The zero-order valence-corrected chi connectivity index (χ0v) is 4.82. The highest BCUT2D eigenvalue weighted by Crippen LogP contribution is 1.91. The first-order chi connectivity index (χ1) is 3.18. The Morgan fingerprint density at radius 2 is 2.00 bits per heavy atom. The number of hydrogen-bond donors (Lipinski definition) is 0. The Labute approximate surface area is 51.4 Å². The molecule has 0 aromatic heterocycles. The Hall–Kier alpha value is -0.590. The van der Waals surface area contributed by atoms with E-state index in [0.717, 1.165) is 0 Å². The van der Waals surface area contributed by atoms with Crippen LogP contribution in [-0.2, 0) is 4.79 Å². The van der Waals surface area contributed by atoms with Gasteiger partial charge in [-0.2, -0.15) is 0 Å². The molecule has 0 aromatic carbocycles. The van der Waals surface area contributed by atoms with Crippen molar-refractivity contribution in [2.45, 2.75) is 27.7 Å². The summed E-state index contributed by atoms with van der Waals surface area (Å²) < 4.78 is 0. The van der Waals surface area contributed by atoms with Gasteiger partial charge in [0, 0.05) is 6.42 Å². The summed E-state index contributed by atoms with van der Waals surface area (Å²) in [6, 6.07) is 0. The van der Waals surface area contributed by atoms with Crippen LogP contribution in [0, 0.1) is 0 Å². The second-order valence-corrected chi connectivity index (χ2v) is 1.56. The molecule has 1 nitrogen and oxygen atoms in total. The SMILES string of the molecule is C.C=C(C)C(=O)CC. The fourth-order valence-corrected chi connectivity index (χ4v) is 0.302. The number of allylic oxidation sites excluding steroid dienone is 1. The standard InChI is InChI=1S/C6H10O.CH4/c1-4-6(7)5(2)3;/h2,4H2,1,3H3;1H4. The van der Waals surface area contributed by atoms with Gasteiger partial charge < -0.3 is 0 Å². The predicted molar refractivity (Wildman–Crippen MR) is 36.8 cm³/mol. The summed E-state index contributed by atoms with van der Waals surface area (Å²) in [4.78, 5) is 10.4. The predicted octanol–water partition coefficient (Wildman–Crippen LogP) is 2.18. The van der Waals surface area contributed by atoms with Crippen molar-refractivity contribution in [1.82, 2.24) is 0 Å². The second-order valence-electron chi connectivity index (χ2n) is 1.56. The van der Waals surface area contributed by atoms with E-state index in [0.29, 0.717) is 12.0 Å². The van der Waals surface area contributed by atoms with Crippen LogP contribution in [0.1, 0.15) is 27.7 Å². The number of hydrogen-bond acceptors (Lipinski definition) is 1. The summed E-state index contributed by atoms with van der Waals surface area (Å²) in [5, 5.41) is 0. The van der Waals surface area contributed by atoms with E-state index < -0.39 is 0 Å². The monoisotopic (exact) mass is 114 g/mol. The highest BCUT2D eigenvalue weighted by Gasteiger charge is 1.93. The van der Waals surface area contributed by atoms with Crippen LogP contribution in [0.4, 0.5) is 0 Å². The van der Waals surface area contributed by atoms with Gasteiger partial charge in [0.05, 0.1) is 0 Å². The molecule has 0 atom stereocenters. The summed E-state index contributed by atoms with van der Waals surface area (Å²) in [7, 11) is 0. The zero-order chi connectivity index (χ0) is 5.86.